The Hall–Kier alpha value is -2.26. The van der Waals surface area contributed by atoms with Crippen molar-refractivity contribution in [3.63, 3.8) is 0 Å². The number of nitrogens with one attached hydrogen (secondary N) is 1. The fourth-order valence-electron chi connectivity index (χ4n) is 2.94. The number of aromatic amines is 1. The first kappa shape index (κ1) is 13.7. The maximum absolute atomic E-state index is 5.55. The van der Waals surface area contributed by atoms with Crippen LogP contribution in [0.2, 0.25) is 0 Å². The second-order valence-electron chi connectivity index (χ2n) is 5.40. The van der Waals surface area contributed by atoms with E-state index in [-0.39, 0.29) is 6.04 Å². The number of hydrogen-bond donors (Lipinski definition) is 1. The van der Waals surface area contributed by atoms with Gasteiger partial charge in [0.05, 0.1) is 13.2 Å². The zero-order valence-electron chi connectivity index (χ0n) is 12.6. The summed E-state index contributed by atoms with van der Waals surface area (Å²) in [5.41, 5.74) is 3.60. The van der Waals surface area contributed by atoms with Crippen molar-refractivity contribution in [2.75, 3.05) is 21.2 Å². The third-order valence-electron chi connectivity index (χ3n) is 3.87. The average molecular weight is 280 g/mol. The number of rotatable bonds is 4. The highest BCUT2D eigenvalue weighted by atomic mass is 16.5. The van der Waals surface area contributed by atoms with Crippen molar-refractivity contribution in [2.45, 2.75) is 6.04 Å². The predicted octanol–water partition coefficient (Wildman–Crippen LogP) is 3.83. The van der Waals surface area contributed by atoms with Crippen LogP contribution in [-0.4, -0.2) is 31.1 Å². The molecule has 0 radical (unpaired) electrons. The van der Waals surface area contributed by atoms with Crippen LogP contribution in [0.25, 0.3) is 10.9 Å². The number of aromatic nitrogens is 1. The first-order valence-electron chi connectivity index (χ1n) is 7.07. The minimum Gasteiger partial charge on any atom is -0.496 e. The van der Waals surface area contributed by atoms with E-state index in [0.717, 1.165) is 11.3 Å². The van der Waals surface area contributed by atoms with E-state index in [1.54, 1.807) is 7.11 Å². The van der Waals surface area contributed by atoms with E-state index in [1.165, 1.54) is 16.5 Å². The highest BCUT2D eigenvalue weighted by Crippen LogP contribution is 2.36. The minimum atomic E-state index is 0.150. The molecule has 3 aromatic rings. The molecule has 0 fully saturated rings. The van der Waals surface area contributed by atoms with E-state index >= 15 is 0 Å². The molecule has 0 amide bonds. The fraction of sp³-hybridized carbons (Fsp3) is 0.222. The average Bonchev–Trinajstić information content (AvgIpc) is 2.92. The van der Waals surface area contributed by atoms with Crippen molar-refractivity contribution in [1.82, 2.24) is 9.88 Å². The Morgan fingerprint density at radius 3 is 2.43 bits per heavy atom. The van der Waals surface area contributed by atoms with Gasteiger partial charge in [0.1, 0.15) is 5.75 Å². The lowest BCUT2D eigenvalue weighted by Crippen LogP contribution is -2.21. The summed E-state index contributed by atoms with van der Waals surface area (Å²) >= 11 is 0. The Morgan fingerprint density at radius 2 is 1.67 bits per heavy atom. The third kappa shape index (κ3) is 2.41. The van der Waals surface area contributed by atoms with Crippen LogP contribution >= 0.6 is 0 Å². The normalized spacial score (nSPS) is 12.8. The first-order chi connectivity index (χ1) is 10.2. The monoisotopic (exact) mass is 280 g/mol. The highest BCUT2D eigenvalue weighted by Gasteiger charge is 2.22. The fourth-order valence-corrected chi connectivity index (χ4v) is 2.94. The van der Waals surface area contributed by atoms with Gasteiger partial charge in [-0.2, -0.15) is 0 Å². The summed E-state index contributed by atoms with van der Waals surface area (Å²) in [6, 6.07) is 16.8. The first-order valence-corrected chi connectivity index (χ1v) is 7.07. The molecule has 1 unspecified atom stereocenters. The number of ether oxygens (including phenoxy) is 1. The number of fused-ring (bicyclic) bond motifs is 1. The smallest absolute Gasteiger partial charge is 0.123 e. The summed E-state index contributed by atoms with van der Waals surface area (Å²) in [4.78, 5) is 5.58. The van der Waals surface area contributed by atoms with Gasteiger partial charge in [0.2, 0.25) is 0 Å². The van der Waals surface area contributed by atoms with Gasteiger partial charge in [-0.05, 0) is 31.8 Å². The Labute approximate surface area is 125 Å². The van der Waals surface area contributed by atoms with Gasteiger partial charge in [-0.1, -0.05) is 36.4 Å². The molecule has 0 saturated carbocycles. The number of hydrogen-bond acceptors (Lipinski definition) is 2. The molecule has 1 heterocycles. The van der Waals surface area contributed by atoms with Crippen molar-refractivity contribution in [2.24, 2.45) is 0 Å². The standard InChI is InChI=1S/C18H20N2O/c1-20(2)18(14-9-5-7-11-17(14)21-3)15-12-19-16-10-6-4-8-13(15)16/h4-12,18-19H,1-3H3. The summed E-state index contributed by atoms with van der Waals surface area (Å²) in [5, 5.41) is 1.25. The number of benzene rings is 2. The summed E-state index contributed by atoms with van der Waals surface area (Å²) in [7, 11) is 5.92. The molecule has 0 spiro atoms. The molecule has 1 aromatic heterocycles. The van der Waals surface area contributed by atoms with Crippen LogP contribution in [-0.2, 0) is 0 Å². The third-order valence-corrected chi connectivity index (χ3v) is 3.87. The molecule has 2 aromatic carbocycles. The van der Waals surface area contributed by atoms with Crippen molar-refractivity contribution in [1.29, 1.82) is 0 Å². The van der Waals surface area contributed by atoms with Crippen LogP contribution in [0.4, 0.5) is 0 Å². The Kier molecular flexibility index (Phi) is 3.67. The van der Waals surface area contributed by atoms with Gasteiger partial charge < -0.3 is 9.72 Å². The van der Waals surface area contributed by atoms with E-state index in [2.05, 4.69) is 66.6 Å². The van der Waals surface area contributed by atoms with Crippen LogP contribution in [0.15, 0.2) is 54.7 Å². The van der Waals surface area contributed by atoms with E-state index < -0.39 is 0 Å². The van der Waals surface area contributed by atoms with E-state index in [1.807, 2.05) is 12.1 Å². The Balaban J connectivity index is 2.19. The molecule has 0 aliphatic heterocycles. The molecule has 3 nitrogen and oxygen atoms in total. The molecule has 0 saturated heterocycles. The molecule has 0 aliphatic rings. The largest absolute Gasteiger partial charge is 0.496 e. The zero-order chi connectivity index (χ0) is 14.8. The van der Waals surface area contributed by atoms with Crippen LogP contribution in [0.5, 0.6) is 5.75 Å². The lowest BCUT2D eigenvalue weighted by Gasteiger charge is -2.26. The highest BCUT2D eigenvalue weighted by molar-refractivity contribution is 5.84. The summed E-state index contributed by atoms with van der Waals surface area (Å²) in [6.07, 6.45) is 2.10. The SMILES string of the molecule is COc1ccccc1C(c1c[nH]c2ccccc12)N(C)C. The van der Waals surface area contributed by atoms with Gasteiger partial charge in [0.25, 0.3) is 0 Å². The molecule has 3 rings (SSSR count). The molecule has 1 N–H and O–H groups in total. The van der Waals surface area contributed by atoms with Gasteiger partial charge in [0.15, 0.2) is 0 Å². The number of nitrogens with zero attached hydrogens (tertiary/aromatic N) is 1. The van der Waals surface area contributed by atoms with E-state index in [0.29, 0.717) is 0 Å². The number of methoxy groups -OCH3 is 1. The molecule has 108 valence electrons. The Morgan fingerprint density at radius 1 is 0.952 bits per heavy atom. The Bertz CT molecular complexity index is 746. The molecule has 1 atom stereocenters. The molecule has 3 heteroatoms. The maximum atomic E-state index is 5.55. The van der Waals surface area contributed by atoms with Crippen molar-refractivity contribution in [3.05, 3.63) is 65.9 Å². The molecular formula is C18H20N2O. The van der Waals surface area contributed by atoms with Crippen molar-refractivity contribution >= 4 is 10.9 Å². The molecule has 21 heavy (non-hydrogen) atoms. The lowest BCUT2D eigenvalue weighted by molar-refractivity contribution is 0.328. The number of para-hydroxylation sites is 2. The van der Waals surface area contributed by atoms with Gasteiger partial charge in [-0.3, -0.25) is 4.90 Å². The maximum Gasteiger partial charge on any atom is 0.123 e. The van der Waals surface area contributed by atoms with Crippen LogP contribution < -0.4 is 4.74 Å². The van der Waals surface area contributed by atoms with Gasteiger partial charge >= 0.3 is 0 Å². The predicted molar refractivity (Wildman–Crippen MR) is 86.8 cm³/mol. The summed E-state index contributed by atoms with van der Waals surface area (Å²) < 4.78 is 5.55. The van der Waals surface area contributed by atoms with Gasteiger partial charge in [-0.15, -0.1) is 0 Å². The molecule has 0 aliphatic carbocycles. The van der Waals surface area contributed by atoms with Gasteiger partial charge in [0, 0.05) is 22.7 Å². The van der Waals surface area contributed by atoms with Gasteiger partial charge in [-0.25, -0.2) is 0 Å². The van der Waals surface area contributed by atoms with E-state index in [9.17, 15) is 0 Å². The number of H-pyrrole nitrogens is 1. The van der Waals surface area contributed by atoms with Crippen molar-refractivity contribution in [3.8, 4) is 5.75 Å². The van der Waals surface area contributed by atoms with Crippen LogP contribution in [0.1, 0.15) is 17.2 Å². The zero-order valence-corrected chi connectivity index (χ0v) is 12.6. The molecule has 0 bridgehead atoms. The van der Waals surface area contributed by atoms with Crippen LogP contribution in [0.3, 0.4) is 0 Å². The quantitative estimate of drug-likeness (QED) is 0.786. The van der Waals surface area contributed by atoms with Crippen LogP contribution in [0, 0.1) is 0 Å². The topological polar surface area (TPSA) is 28.3 Å². The summed E-state index contributed by atoms with van der Waals surface area (Å²) in [6.45, 7) is 0. The minimum absolute atomic E-state index is 0.150. The lowest BCUT2D eigenvalue weighted by atomic mass is 9.96. The second kappa shape index (κ2) is 5.62. The van der Waals surface area contributed by atoms with E-state index in [4.69, 9.17) is 4.74 Å². The second-order valence-corrected chi connectivity index (χ2v) is 5.40. The molecular weight excluding hydrogens is 260 g/mol. The van der Waals surface area contributed by atoms with Crippen molar-refractivity contribution < 1.29 is 4.74 Å². The summed E-state index contributed by atoms with van der Waals surface area (Å²) in [5.74, 6) is 0.918.